The summed E-state index contributed by atoms with van der Waals surface area (Å²) in [6.07, 6.45) is 2.73. The number of rotatable bonds is 6. The minimum absolute atomic E-state index is 0.0451. The Bertz CT molecular complexity index is 417. The molecule has 1 N–H and O–H groups in total. The molecule has 2 rings (SSSR count). The van der Waals surface area contributed by atoms with Crippen LogP contribution >= 0.6 is 0 Å². The topological polar surface area (TPSA) is 51.2 Å². The molecule has 0 radical (unpaired) electrons. The Balaban J connectivity index is 1.84. The highest BCUT2D eigenvalue weighted by Gasteiger charge is 2.30. The molecule has 2 heterocycles. The lowest BCUT2D eigenvalue weighted by molar-refractivity contribution is -0.135. The van der Waals surface area contributed by atoms with Crippen molar-refractivity contribution in [2.24, 2.45) is 4.99 Å². The predicted molar refractivity (Wildman–Crippen MR) is 95.0 cm³/mol. The van der Waals surface area contributed by atoms with Gasteiger partial charge in [0, 0.05) is 52.4 Å². The van der Waals surface area contributed by atoms with E-state index in [0.717, 1.165) is 64.6 Å². The van der Waals surface area contributed by atoms with Gasteiger partial charge in [0.2, 0.25) is 5.91 Å². The van der Waals surface area contributed by atoms with Crippen molar-refractivity contribution in [3.63, 3.8) is 0 Å². The van der Waals surface area contributed by atoms with Gasteiger partial charge in [0.15, 0.2) is 5.96 Å². The monoisotopic (exact) mass is 341 g/mol. The number of piperazine rings is 1. The molecule has 1 amide bonds. The van der Waals surface area contributed by atoms with Crippen molar-refractivity contribution >= 4 is 11.9 Å². The van der Waals surface area contributed by atoms with Gasteiger partial charge in [-0.2, -0.15) is 0 Å². The van der Waals surface area contributed by atoms with Gasteiger partial charge in [-0.05, 0) is 33.1 Å². The van der Waals surface area contributed by atoms with Crippen LogP contribution in [0.25, 0.3) is 0 Å². The average molecular weight is 341 g/mol. The predicted octanol–water partition coefficient (Wildman–Crippen LogP) is 0.940. The van der Waals surface area contributed by atoms with Crippen LogP contribution in [-0.2, 0) is 4.79 Å². The highest BCUT2D eigenvalue weighted by Crippen LogP contribution is 2.14. The summed E-state index contributed by atoms with van der Waals surface area (Å²) >= 11 is 0. The number of amides is 1. The van der Waals surface area contributed by atoms with E-state index < -0.39 is 0 Å². The Morgan fingerprint density at radius 1 is 1.12 bits per heavy atom. The molecule has 2 aliphatic heterocycles. The molecule has 0 bridgehead atoms. The molecule has 0 aromatic rings. The summed E-state index contributed by atoms with van der Waals surface area (Å²) in [5.74, 6) is 1.13. The number of hydrogen-bond acceptors (Lipinski definition) is 3. The first-order valence-electron chi connectivity index (χ1n) is 9.29. The van der Waals surface area contributed by atoms with E-state index in [1.807, 2.05) is 18.7 Å². The second-order valence-corrected chi connectivity index (χ2v) is 6.51. The number of nitrogens with one attached hydrogen (secondary N) is 1. The fourth-order valence-corrected chi connectivity index (χ4v) is 3.35. The second-order valence-electron chi connectivity index (χ2n) is 6.51. The fourth-order valence-electron chi connectivity index (χ4n) is 3.35. The van der Waals surface area contributed by atoms with Crippen LogP contribution in [0.15, 0.2) is 4.99 Å². The Kier molecular flexibility index (Phi) is 7.75. The van der Waals surface area contributed by atoms with Gasteiger partial charge in [-0.25, -0.2) is 0 Å². The maximum atomic E-state index is 12.5. The molecule has 0 spiro atoms. The zero-order chi connectivity index (χ0) is 17.4. The zero-order valence-corrected chi connectivity index (χ0v) is 15.1. The summed E-state index contributed by atoms with van der Waals surface area (Å²) in [6, 6.07) is -0.0451. The maximum Gasteiger partial charge on any atom is 0.239 e. The lowest BCUT2D eigenvalue weighted by Gasteiger charge is -2.39. The normalized spacial score (nSPS) is 21.2. The molecule has 1 atom stereocenters. The molecule has 0 saturated carbocycles. The molecular weight excluding hydrogens is 309 g/mol. The van der Waals surface area contributed by atoms with E-state index in [-0.39, 0.29) is 18.6 Å². The van der Waals surface area contributed by atoms with Crippen molar-refractivity contribution in [3.05, 3.63) is 0 Å². The van der Waals surface area contributed by atoms with Crippen molar-refractivity contribution in [1.82, 2.24) is 20.0 Å². The lowest BCUT2D eigenvalue weighted by Crippen LogP contribution is -2.57. The van der Waals surface area contributed by atoms with Crippen LogP contribution in [0.4, 0.5) is 4.39 Å². The van der Waals surface area contributed by atoms with Crippen LogP contribution in [0.1, 0.15) is 33.1 Å². The average Bonchev–Trinajstić information content (AvgIpc) is 3.15. The van der Waals surface area contributed by atoms with Crippen LogP contribution < -0.4 is 5.32 Å². The number of likely N-dealkylation sites (tertiary alicyclic amines) is 1. The first-order chi connectivity index (χ1) is 11.7. The van der Waals surface area contributed by atoms with Gasteiger partial charge in [-0.1, -0.05) is 0 Å². The van der Waals surface area contributed by atoms with E-state index in [9.17, 15) is 9.18 Å². The first-order valence-corrected chi connectivity index (χ1v) is 9.29. The van der Waals surface area contributed by atoms with E-state index in [0.29, 0.717) is 13.0 Å². The molecule has 24 heavy (non-hydrogen) atoms. The summed E-state index contributed by atoms with van der Waals surface area (Å²) in [5.41, 5.74) is 0. The van der Waals surface area contributed by atoms with Crippen molar-refractivity contribution in [2.45, 2.75) is 39.2 Å². The quantitative estimate of drug-likeness (QED) is 0.444. The number of nitrogens with zero attached hydrogens (tertiary/aromatic N) is 4. The van der Waals surface area contributed by atoms with Crippen molar-refractivity contribution in [3.8, 4) is 0 Å². The van der Waals surface area contributed by atoms with Crippen molar-refractivity contribution in [2.75, 3.05) is 59.0 Å². The summed E-state index contributed by atoms with van der Waals surface area (Å²) in [4.78, 5) is 23.5. The molecule has 0 aromatic carbocycles. The van der Waals surface area contributed by atoms with Crippen LogP contribution in [0, 0.1) is 0 Å². The summed E-state index contributed by atoms with van der Waals surface area (Å²) in [7, 11) is 0. The molecule has 1 unspecified atom stereocenters. The number of guanidine groups is 1. The third-order valence-electron chi connectivity index (χ3n) is 4.82. The minimum atomic E-state index is -0.327. The second kappa shape index (κ2) is 9.81. The number of halogens is 1. The Morgan fingerprint density at radius 3 is 2.38 bits per heavy atom. The number of carbonyl (C=O) groups excluding carboxylic acids is 1. The smallest absolute Gasteiger partial charge is 0.239 e. The molecule has 0 aliphatic carbocycles. The first kappa shape index (κ1) is 19.0. The van der Waals surface area contributed by atoms with E-state index in [1.54, 1.807) is 0 Å². The molecule has 2 fully saturated rings. The van der Waals surface area contributed by atoms with Gasteiger partial charge in [-0.15, -0.1) is 0 Å². The van der Waals surface area contributed by atoms with Crippen molar-refractivity contribution < 1.29 is 9.18 Å². The number of carbonyl (C=O) groups is 1. The summed E-state index contributed by atoms with van der Waals surface area (Å²) in [5, 5.41) is 3.28. The molecule has 7 heteroatoms. The third kappa shape index (κ3) is 5.06. The van der Waals surface area contributed by atoms with Gasteiger partial charge >= 0.3 is 0 Å². The van der Waals surface area contributed by atoms with Crippen LogP contribution in [0.3, 0.4) is 0 Å². The molecule has 138 valence electrons. The molecule has 2 saturated heterocycles. The summed E-state index contributed by atoms with van der Waals surface area (Å²) < 4.78 is 12.3. The van der Waals surface area contributed by atoms with E-state index in [2.05, 4.69) is 20.1 Å². The van der Waals surface area contributed by atoms with E-state index in [4.69, 9.17) is 0 Å². The van der Waals surface area contributed by atoms with E-state index >= 15 is 0 Å². The van der Waals surface area contributed by atoms with Crippen LogP contribution in [-0.4, -0.2) is 91.6 Å². The van der Waals surface area contributed by atoms with Crippen LogP contribution in [0.5, 0.6) is 0 Å². The Morgan fingerprint density at radius 2 is 1.79 bits per heavy atom. The molecule has 0 aromatic heterocycles. The third-order valence-corrected chi connectivity index (χ3v) is 4.82. The standard InChI is InChI=1S/C17H32FN5O/c1-3-19-17(20-8-6-7-18)23-13-11-21(12-14-23)15(2)16(24)22-9-4-5-10-22/h15H,3-14H2,1-2H3,(H,19,20). The maximum absolute atomic E-state index is 12.5. The highest BCUT2D eigenvalue weighted by molar-refractivity contribution is 5.82. The largest absolute Gasteiger partial charge is 0.357 e. The van der Waals surface area contributed by atoms with Gasteiger partial charge < -0.3 is 15.1 Å². The fraction of sp³-hybridized carbons (Fsp3) is 0.882. The Hall–Kier alpha value is -1.37. The number of hydrogen-bond donors (Lipinski definition) is 1. The SMILES string of the molecule is CCNC(=NCCCF)N1CCN(C(C)C(=O)N2CCCC2)CC1. The van der Waals surface area contributed by atoms with Gasteiger partial charge in [0.25, 0.3) is 0 Å². The van der Waals surface area contributed by atoms with Gasteiger partial charge in [-0.3, -0.25) is 19.1 Å². The van der Waals surface area contributed by atoms with Crippen LogP contribution in [0.2, 0.25) is 0 Å². The zero-order valence-electron chi connectivity index (χ0n) is 15.1. The molecule has 2 aliphatic rings. The van der Waals surface area contributed by atoms with Crippen molar-refractivity contribution in [1.29, 1.82) is 0 Å². The van der Waals surface area contributed by atoms with Gasteiger partial charge in [0.05, 0.1) is 12.7 Å². The number of alkyl halides is 1. The lowest BCUT2D eigenvalue weighted by atomic mass is 10.2. The van der Waals surface area contributed by atoms with E-state index in [1.165, 1.54) is 0 Å². The molecule has 6 nitrogen and oxygen atoms in total. The Labute approximate surface area is 145 Å². The minimum Gasteiger partial charge on any atom is -0.357 e. The number of aliphatic imine (C=N–C) groups is 1. The highest BCUT2D eigenvalue weighted by atomic mass is 19.1. The summed E-state index contributed by atoms with van der Waals surface area (Å²) in [6.45, 7) is 10.3. The molecular formula is C17H32FN5O. The van der Waals surface area contributed by atoms with Gasteiger partial charge in [0.1, 0.15) is 0 Å².